The summed E-state index contributed by atoms with van der Waals surface area (Å²) in [5, 5.41) is 0. The Labute approximate surface area is 124 Å². The van der Waals surface area contributed by atoms with E-state index in [1.807, 2.05) is 37.3 Å². The Bertz CT molecular complexity index is 628. The van der Waals surface area contributed by atoms with Crippen LogP contribution in [0, 0.1) is 17.8 Å². The van der Waals surface area contributed by atoms with Crippen molar-refractivity contribution in [3.8, 4) is 0 Å². The first-order valence-corrected chi connectivity index (χ1v) is 7.35. The van der Waals surface area contributed by atoms with Gasteiger partial charge in [-0.1, -0.05) is 37.3 Å². The Kier molecular flexibility index (Phi) is 3.74. The van der Waals surface area contributed by atoms with Crippen molar-refractivity contribution < 1.29 is 14.0 Å². The largest absolute Gasteiger partial charge is 0.461 e. The van der Waals surface area contributed by atoms with Gasteiger partial charge in [0.2, 0.25) is 5.78 Å². The van der Waals surface area contributed by atoms with Crippen molar-refractivity contribution >= 4 is 11.6 Å². The number of rotatable bonds is 4. The average molecular weight is 282 g/mol. The van der Waals surface area contributed by atoms with Gasteiger partial charge in [0.25, 0.3) is 0 Å². The molecule has 1 aliphatic carbocycles. The molecule has 1 aromatic carbocycles. The van der Waals surface area contributed by atoms with Crippen LogP contribution in [-0.4, -0.2) is 11.6 Å². The van der Waals surface area contributed by atoms with Gasteiger partial charge in [0.05, 0.1) is 6.26 Å². The highest BCUT2D eigenvalue weighted by Gasteiger charge is 2.41. The van der Waals surface area contributed by atoms with Crippen LogP contribution in [0.2, 0.25) is 0 Å². The zero-order valence-electron chi connectivity index (χ0n) is 12.0. The Hall–Kier alpha value is -2.16. The summed E-state index contributed by atoms with van der Waals surface area (Å²) in [4.78, 5) is 25.0. The molecule has 3 nitrogen and oxygen atoms in total. The number of furan rings is 1. The lowest BCUT2D eigenvalue weighted by molar-refractivity contribution is 0.0824. The van der Waals surface area contributed by atoms with E-state index in [2.05, 4.69) is 0 Å². The van der Waals surface area contributed by atoms with Gasteiger partial charge in [0.15, 0.2) is 11.5 Å². The van der Waals surface area contributed by atoms with E-state index in [-0.39, 0.29) is 29.3 Å². The number of hydrogen-bond acceptors (Lipinski definition) is 3. The van der Waals surface area contributed by atoms with Crippen molar-refractivity contribution in [2.45, 2.75) is 19.8 Å². The van der Waals surface area contributed by atoms with Crippen LogP contribution in [0.25, 0.3) is 0 Å². The molecule has 3 atom stereocenters. The molecule has 1 fully saturated rings. The standard InChI is InChI=1S/C18H18O3/c1-12-14(17(19)13-6-3-2-4-7-13)9-10-15(12)18(20)16-8-5-11-21-16/h2-8,11-12,14-15H,9-10H2,1H3/t12-,14-,15-/m1/s1. The molecule has 3 heteroatoms. The predicted octanol–water partition coefficient (Wildman–Crippen LogP) is 4.01. The fourth-order valence-corrected chi connectivity index (χ4v) is 3.32. The highest BCUT2D eigenvalue weighted by atomic mass is 16.3. The fraction of sp³-hybridized carbons (Fsp3) is 0.333. The van der Waals surface area contributed by atoms with Gasteiger partial charge in [0.1, 0.15) is 0 Å². The molecular weight excluding hydrogens is 264 g/mol. The van der Waals surface area contributed by atoms with E-state index in [1.165, 1.54) is 6.26 Å². The molecule has 1 heterocycles. The van der Waals surface area contributed by atoms with E-state index in [9.17, 15) is 9.59 Å². The molecule has 108 valence electrons. The zero-order chi connectivity index (χ0) is 14.8. The minimum absolute atomic E-state index is 0.0239. The van der Waals surface area contributed by atoms with Crippen LogP contribution >= 0.6 is 0 Å². The number of carbonyl (C=O) groups excluding carboxylic acids is 2. The number of ketones is 2. The second-order valence-corrected chi connectivity index (χ2v) is 5.72. The molecular formula is C18H18O3. The van der Waals surface area contributed by atoms with E-state index >= 15 is 0 Å². The van der Waals surface area contributed by atoms with Gasteiger partial charge in [-0.3, -0.25) is 9.59 Å². The summed E-state index contributed by atoms with van der Waals surface area (Å²) in [7, 11) is 0. The summed E-state index contributed by atoms with van der Waals surface area (Å²) in [6.07, 6.45) is 3.04. The van der Waals surface area contributed by atoms with E-state index in [1.54, 1.807) is 12.1 Å². The van der Waals surface area contributed by atoms with Gasteiger partial charge in [0, 0.05) is 17.4 Å². The number of benzene rings is 1. The fourth-order valence-electron chi connectivity index (χ4n) is 3.32. The molecule has 0 aliphatic heterocycles. The summed E-state index contributed by atoms with van der Waals surface area (Å²) in [6, 6.07) is 12.8. The normalized spacial score (nSPS) is 24.9. The van der Waals surface area contributed by atoms with Crippen LogP contribution in [0.3, 0.4) is 0 Å². The van der Waals surface area contributed by atoms with Gasteiger partial charge < -0.3 is 4.42 Å². The highest BCUT2D eigenvalue weighted by molar-refractivity contribution is 6.00. The highest BCUT2D eigenvalue weighted by Crippen LogP contribution is 2.40. The molecule has 0 N–H and O–H groups in total. The molecule has 3 rings (SSSR count). The van der Waals surface area contributed by atoms with Crippen molar-refractivity contribution in [1.29, 1.82) is 0 Å². The monoisotopic (exact) mass is 282 g/mol. The minimum atomic E-state index is -0.117. The van der Waals surface area contributed by atoms with Crippen molar-refractivity contribution in [1.82, 2.24) is 0 Å². The van der Waals surface area contributed by atoms with Crippen LogP contribution in [0.4, 0.5) is 0 Å². The first-order valence-electron chi connectivity index (χ1n) is 7.35. The molecule has 1 aliphatic rings. The summed E-state index contributed by atoms with van der Waals surface area (Å²) in [6.45, 7) is 2.00. The maximum Gasteiger partial charge on any atom is 0.201 e. The van der Waals surface area contributed by atoms with E-state index < -0.39 is 0 Å². The Morgan fingerprint density at radius 2 is 1.62 bits per heavy atom. The Balaban J connectivity index is 1.76. The van der Waals surface area contributed by atoms with Crippen LogP contribution in [0.5, 0.6) is 0 Å². The molecule has 0 unspecified atom stereocenters. The van der Waals surface area contributed by atoms with Crippen LogP contribution in [0.15, 0.2) is 53.1 Å². The quantitative estimate of drug-likeness (QED) is 0.796. The van der Waals surface area contributed by atoms with E-state index in [0.29, 0.717) is 5.76 Å². The summed E-state index contributed by atoms with van der Waals surface area (Å²) in [5.41, 5.74) is 0.737. The third kappa shape index (κ3) is 2.56. The van der Waals surface area contributed by atoms with Gasteiger partial charge in [-0.25, -0.2) is 0 Å². The number of hydrogen-bond donors (Lipinski definition) is 0. The smallest absolute Gasteiger partial charge is 0.201 e. The lowest BCUT2D eigenvalue weighted by Crippen LogP contribution is -2.24. The van der Waals surface area contributed by atoms with Gasteiger partial charge >= 0.3 is 0 Å². The zero-order valence-corrected chi connectivity index (χ0v) is 12.0. The first kappa shape index (κ1) is 13.8. The second kappa shape index (κ2) is 5.68. The molecule has 0 spiro atoms. The molecule has 0 radical (unpaired) electrons. The van der Waals surface area contributed by atoms with Gasteiger partial charge in [-0.2, -0.15) is 0 Å². The third-order valence-electron chi connectivity index (χ3n) is 4.55. The van der Waals surface area contributed by atoms with Gasteiger partial charge in [-0.15, -0.1) is 0 Å². The van der Waals surface area contributed by atoms with Crippen LogP contribution in [-0.2, 0) is 0 Å². The van der Waals surface area contributed by atoms with E-state index in [4.69, 9.17) is 4.42 Å². The molecule has 1 aromatic heterocycles. The SMILES string of the molecule is C[C@@H]1[C@H](C(=O)c2ccccc2)CC[C@H]1C(=O)c1ccco1. The molecule has 2 aromatic rings. The van der Waals surface area contributed by atoms with Crippen molar-refractivity contribution in [3.05, 3.63) is 60.1 Å². The first-order chi connectivity index (χ1) is 10.2. The number of Topliss-reactive ketones (excluding diaryl/α,β-unsaturated/α-hetero) is 2. The summed E-state index contributed by atoms with van der Waals surface area (Å²) in [5.74, 6) is 0.439. The molecule has 1 saturated carbocycles. The molecule has 0 saturated heterocycles. The Morgan fingerprint density at radius 3 is 2.24 bits per heavy atom. The lowest BCUT2D eigenvalue weighted by Gasteiger charge is -2.18. The molecule has 21 heavy (non-hydrogen) atoms. The van der Waals surface area contributed by atoms with Crippen LogP contribution < -0.4 is 0 Å². The van der Waals surface area contributed by atoms with Crippen molar-refractivity contribution in [2.75, 3.05) is 0 Å². The minimum Gasteiger partial charge on any atom is -0.461 e. The lowest BCUT2D eigenvalue weighted by atomic mass is 9.84. The topological polar surface area (TPSA) is 47.3 Å². The Morgan fingerprint density at radius 1 is 0.952 bits per heavy atom. The van der Waals surface area contributed by atoms with Crippen molar-refractivity contribution in [2.24, 2.45) is 17.8 Å². The summed E-state index contributed by atoms with van der Waals surface area (Å²) >= 11 is 0. The van der Waals surface area contributed by atoms with Crippen molar-refractivity contribution in [3.63, 3.8) is 0 Å². The maximum absolute atomic E-state index is 12.6. The summed E-state index contributed by atoms with van der Waals surface area (Å²) < 4.78 is 5.20. The predicted molar refractivity (Wildman–Crippen MR) is 79.2 cm³/mol. The van der Waals surface area contributed by atoms with Gasteiger partial charge in [-0.05, 0) is 30.9 Å². The maximum atomic E-state index is 12.6. The molecule has 0 bridgehead atoms. The van der Waals surface area contributed by atoms with E-state index in [0.717, 1.165) is 18.4 Å². The number of carbonyl (C=O) groups is 2. The average Bonchev–Trinajstić information content (AvgIpc) is 3.16. The molecule has 0 amide bonds. The third-order valence-corrected chi connectivity index (χ3v) is 4.55. The second-order valence-electron chi connectivity index (χ2n) is 5.72. The van der Waals surface area contributed by atoms with Crippen LogP contribution in [0.1, 0.15) is 40.7 Å².